The van der Waals surface area contributed by atoms with Gasteiger partial charge in [-0.2, -0.15) is 4.98 Å². The van der Waals surface area contributed by atoms with Crippen LogP contribution < -0.4 is 11.0 Å². The number of imidazole rings is 1. The summed E-state index contributed by atoms with van der Waals surface area (Å²) in [6.07, 6.45) is 3.29. The van der Waals surface area contributed by atoms with Gasteiger partial charge in [-0.3, -0.25) is 14.3 Å². The molecular formula is C18H16N6O3. The third-order valence-electron chi connectivity index (χ3n) is 4.14. The maximum Gasteiger partial charge on any atom is 0.326 e. The van der Waals surface area contributed by atoms with Gasteiger partial charge < -0.3 is 14.8 Å². The number of aromatic amines is 1. The van der Waals surface area contributed by atoms with Gasteiger partial charge in [0.2, 0.25) is 11.7 Å². The predicted molar refractivity (Wildman–Crippen MR) is 96.9 cm³/mol. The zero-order valence-corrected chi connectivity index (χ0v) is 14.5. The van der Waals surface area contributed by atoms with Crippen LogP contribution in [0.4, 0.5) is 0 Å². The summed E-state index contributed by atoms with van der Waals surface area (Å²) in [5.41, 5.74) is 2.34. The lowest BCUT2D eigenvalue weighted by molar-refractivity contribution is 0.0946. The lowest BCUT2D eigenvalue weighted by atomic mass is 10.2. The van der Waals surface area contributed by atoms with Crippen LogP contribution in [-0.2, 0) is 13.1 Å². The van der Waals surface area contributed by atoms with Gasteiger partial charge in [0.15, 0.2) is 0 Å². The van der Waals surface area contributed by atoms with E-state index in [2.05, 4.69) is 25.4 Å². The highest BCUT2D eigenvalue weighted by Crippen LogP contribution is 2.15. The molecule has 0 aliphatic carbocycles. The van der Waals surface area contributed by atoms with E-state index in [4.69, 9.17) is 4.52 Å². The van der Waals surface area contributed by atoms with E-state index in [9.17, 15) is 9.59 Å². The number of fused-ring (bicyclic) bond motifs is 1. The quantitative estimate of drug-likeness (QED) is 0.557. The summed E-state index contributed by atoms with van der Waals surface area (Å²) in [6.45, 7) is 2.54. The molecular weight excluding hydrogens is 348 g/mol. The van der Waals surface area contributed by atoms with Crippen LogP contribution in [0, 0.1) is 0 Å². The number of carbonyl (C=O) groups is 1. The second-order valence-corrected chi connectivity index (χ2v) is 5.84. The number of aryl methyl sites for hydroxylation is 1. The van der Waals surface area contributed by atoms with Gasteiger partial charge in [-0.1, -0.05) is 5.16 Å². The second kappa shape index (κ2) is 6.87. The minimum atomic E-state index is -0.303. The highest BCUT2D eigenvalue weighted by atomic mass is 16.5. The molecule has 4 aromatic rings. The van der Waals surface area contributed by atoms with Crippen molar-refractivity contribution in [3.63, 3.8) is 0 Å². The molecule has 3 heterocycles. The molecule has 0 unspecified atom stereocenters. The molecule has 9 nitrogen and oxygen atoms in total. The molecule has 2 N–H and O–H groups in total. The number of H-pyrrole nitrogens is 1. The summed E-state index contributed by atoms with van der Waals surface area (Å²) in [6, 6.07) is 8.66. The number of nitrogens with zero attached hydrogens (tertiary/aromatic N) is 4. The number of hydrogen-bond donors (Lipinski definition) is 2. The second-order valence-electron chi connectivity index (χ2n) is 5.84. The summed E-state index contributed by atoms with van der Waals surface area (Å²) >= 11 is 0. The third kappa shape index (κ3) is 3.22. The summed E-state index contributed by atoms with van der Waals surface area (Å²) in [4.78, 5) is 35.2. The number of carbonyl (C=O) groups excluding carboxylic acids is 1. The van der Waals surface area contributed by atoms with Crippen molar-refractivity contribution in [2.24, 2.45) is 0 Å². The van der Waals surface area contributed by atoms with Crippen molar-refractivity contribution < 1.29 is 9.32 Å². The number of aromatic nitrogens is 5. The molecule has 1 aromatic carbocycles. The molecule has 0 saturated carbocycles. The zero-order chi connectivity index (χ0) is 18.8. The maximum atomic E-state index is 12.4. The van der Waals surface area contributed by atoms with Gasteiger partial charge in [0.1, 0.15) is 0 Å². The first-order valence-corrected chi connectivity index (χ1v) is 8.39. The Hall–Kier alpha value is -3.75. The highest BCUT2D eigenvalue weighted by molar-refractivity contribution is 5.97. The fourth-order valence-corrected chi connectivity index (χ4v) is 2.82. The lowest BCUT2D eigenvalue weighted by Crippen LogP contribution is -2.22. The normalized spacial score (nSPS) is 11.0. The van der Waals surface area contributed by atoms with Gasteiger partial charge in [0.25, 0.3) is 5.91 Å². The Morgan fingerprint density at radius 3 is 3.00 bits per heavy atom. The first-order valence-electron chi connectivity index (χ1n) is 8.39. The minimum absolute atomic E-state index is 0.0939. The molecule has 3 aromatic heterocycles. The molecule has 27 heavy (non-hydrogen) atoms. The van der Waals surface area contributed by atoms with Crippen molar-refractivity contribution >= 4 is 16.9 Å². The molecule has 4 rings (SSSR count). The predicted octanol–water partition coefficient (Wildman–Crippen LogP) is 1.72. The van der Waals surface area contributed by atoms with Crippen molar-refractivity contribution in [1.82, 2.24) is 30.0 Å². The molecule has 0 saturated heterocycles. The topological polar surface area (TPSA) is 119 Å². The molecule has 0 bridgehead atoms. The first kappa shape index (κ1) is 16.7. The summed E-state index contributed by atoms with van der Waals surface area (Å²) in [5, 5.41) is 6.61. The van der Waals surface area contributed by atoms with Crippen LogP contribution in [0.1, 0.15) is 23.2 Å². The van der Waals surface area contributed by atoms with Crippen LogP contribution in [-0.4, -0.2) is 30.6 Å². The van der Waals surface area contributed by atoms with Gasteiger partial charge in [0, 0.05) is 30.1 Å². The fourth-order valence-electron chi connectivity index (χ4n) is 2.82. The SMILES string of the molecule is CCn1c(=O)[nH]c2cc(C(=O)NCc3nc(-c4cccnc4)no3)ccc21. The molecule has 0 aliphatic heterocycles. The molecule has 0 radical (unpaired) electrons. The van der Waals surface area contributed by atoms with E-state index in [1.807, 2.05) is 13.0 Å². The number of pyridine rings is 1. The smallest absolute Gasteiger partial charge is 0.326 e. The van der Waals surface area contributed by atoms with E-state index >= 15 is 0 Å². The Bertz CT molecular complexity index is 1160. The summed E-state index contributed by atoms with van der Waals surface area (Å²) < 4.78 is 6.76. The van der Waals surface area contributed by atoms with Crippen LogP contribution in [0.2, 0.25) is 0 Å². The van der Waals surface area contributed by atoms with Crippen LogP contribution in [0.25, 0.3) is 22.4 Å². The number of amides is 1. The molecule has 0 spiro atoms. The van der Waals surface area contributed by atoms with Crippen LogP contribution in [0.5, 0.6) is 0 Å². The fraction of sp³-hybridized carbons (Fsp3) is 0.167. The molecule has 136 valence electrons. The maximum absolute atomic E-state index is 12.4. The number of nitrogens with one attached hydrogen (secondary N) is 2. The lowest BCUT2D eigenvalue weighted by Gasteiger charge is -2.03. The van der Waals surface area contributed by atoms with Crippen LogP contribution in [0.15, 0.2) is 52.0 Å². The molecule has 1 amide bonds. The zero-order valence-electron chi connectivity index (χ0n) is 14.5. The molecule has 0 aliphatic rings. The standard InChI is InChI=1S/C18H16N6O3/c1-2-24-14-6-5-11(8-13(14)21-18(24)26)17(25)20-10-15-22-16(23-27-15)12-4-3-7-19-9-12/h3-9H,2,10H2,1H3,(H,20,25)(H,21,26). The van der Waals surface area contributed by atoms with Gasteiger partial charge >= 0.3 is 5.69 Å². The van der Waals surface area contributed by atoms with Crippen molar-refractivity contribution in [2.45, 2.75) is 20.0 Å². The molecule has 0 fully saturated rings. The Labute approximate surface area is 153 Å². The van der Waals surface area contributed by atoms with Gasteiger partial charge in [-0.05, 0) is 37.3 Å². The van der Waals surface area contributed by atoms with E-state index < -0.39 is 0 Å². The Balaban J connectivity index is 1.47. The molecule has 0 atom stereocenters. The Morgan fingerprint density at radius 2 is 2.22 bits per heavy atom. The largest absolute Gasteiger partial charge is 0.343 e. The number of hydrogen-bond acceptors (Lipinski definition) is 6. The van der Waals surface area contributed by atoms with Crippen molar-refractivity contribution in [1.29, 1.82) is 0 Å². The molecule has 9 heteroatoms. The van der Waals surface area contributed by atoms with Crippen LogP contribution >= 0.6 is 0 Å². The Kier molecular flexibility index (Phi) is 4.25. The number of rotatable bonds is 5. The van der Waals surface area contributed by atoms with Crippen molar-refractivity contribution in [3.8, 4) is 11.4 Å². The number of benzene rings is 1. The van der Waals surface area contributed by atoms with E-state index in [0.29, 0.717) is 23.4 Å². The van der Waals surface area contributed by atoms with Gasteiger partial charge in [0.05, 0.1) is 17.6 Å². The van der Waals surface area contributed by atoms with E-state index in [0.717, 1.165) is 11.1 Å². The van der Waals surface area contributed by atoms with Crippen molar-refractivity contribution in [3.05, 3.63) is 64.7 Å². The average molecular weight is 364 g/mol. The van der Waals surface area contributed by atoms with E-state index in [1.165, 1.54) is 0 Å². The minimum Gasteiger partial charge on any atom is -0.343 e. The van der Waals surface area contributed by atoms with Gasteiger partial charge in [-0.15, -0.1) is 0 Å². The van der Waals surface area contributed by atoms with Crippen molar-refractivity contribution in [2.75, 3.05) is 0 Å². The summed E-state index contributed by atoms with van der Waals surface area (Å²) in [7, 11) is 0. The highest BCUT2D eigenvalue weighted by Gasteiger charge is 2.13. The van der Waals surface area contributed by atoms with Gasteiger partial charge in [-0.25, -0.2) is 4.79 Å². The average Bonchev–Trinajstić information content (AvgIpc) is 3.29. The van der Waals surface area contributed by atoms with E-state index in [1.54, 1.807) is 41.2 Å². The monoisotopic (exact) mass is 364 g/mol. The Morgan fingerprint density at radius 1 is 1.33 bits per heavy atom. The van der Waals surface area contributed by atoms with E-state index in [-0.39, 0.29) is 24.0 Å². The summed E-state index contributed by atoms with van der Waals surface area (Å²) in [5.74, 6) is 0.393. The first-order chi connectivity index (χ1) is 13.2. The van der Waals surface area contributed by atoms with Crippen LogP contribution in [0.3, 0.4) is 0 Å². The third-order valence-corrected chi connectivity index (χ3v) is 4.14.